The van der Waals surface area contributed by atoms with Gasteiger partial charge < -0.3 is 9.84 Å². The van der Waals surface area contributed by atoms with E-state index in [1.165, 1.54) is 14.0 Å². The molecule has 0 aliphatic carbocycles. The van der Waals surface area contributed by atoms with Gasteiger partial charge >= 0.3 is 5.97 Å². The van der Waals surface area contributed by atoms with Gasteiger partial charge in [0.15, 0.2) is 5.60 Å². The molecular weight excluding hydrogens is 230 g/mol. The van der Waals surface area contributed by atoms with Crippen LogP contribution in [0.5, 0.6) is 0 Å². The van der Waals surface area contributed by atoms with Gasteiger partial charge in [0, 0.05) is 13.1 Å². The zero-order valence-electron chi connectivity index (χ0n) is 11.2. The lowest BCUT2D eigenvalue weighted by atomic mass is 10.1. The van der Waals surface area contributed by atoms with Gasteiger partial charge in [0.25, 0.3) is 0 Å². The van der Waals surface area contributed by atoms with Crippen LogP contribution in [0.1, 0.15) is 19.4 Å². The Bertz CT molecular complexity index is 376. The van der Waals surface area contributed by atoms with Crippen molar-refractivity contribution in [3.63, 3.8) is 0 Å². The van der Waals surface area contributed by atoms with Gasteiger partial charge in [-0.25, -0.2) is 4.79 Å². The number of esters is 1. The molecule has 1 aromatic carbocycles. The first-order chi connectivity index (χ1) is 8.49. The number of ether oxygens (including phenoxy) is 1. The molecule has 0 aliphatic rings. The van der Waals surface area contributed by atoms with Crippen molar-refractivity contribution in [3.05, 3.63) is 35.9 Å². The molecule has 0 amide bonds. The Hall–Kier alpha value is -1.39. The smallest absolute Gasteiger partial charge is 0.338 e. The second kappa shape index (κ2) is 6.52. The fourth-order valence-corrected chi connectivity index (χ4v) is 1.84. The zero-order valence-corrected chi connectivity index (χ0v) is 11.2. The summed E-state index contributed by atoms with van der Waals surface area (Å²) in [7, 11) is 1.28. The molecule has 0 radical (unpaired) electrons. The first-order valence-electron chi connectivity index (χ1n) is 6.06. The topological polar surface area (TPSA) is 49.8 Å². The van der Waals surface area contributed by atoms with Crippen LogP contribution in [0.4, 0.5) is 0 Å². The van der Waals surface area contributed by atoms with Gasteiger partial charge in [-0.2, -0.15) is 0 Å². The monoisotopic (exact) mass is 251 g/mol. The second-order valence-electron chi connectivity index (χ2n) is 4.55. The summed E-state index contributed by atoms with van der Waals surface area (Å²) in [6.07, 6.45) is 0. The van der Waals surface area contributed by atoms with Crippen molar-refractivity contribution in [2.24, 2.45) is 0 Å². The number of aliphatic hydroxyl groups is 1. The number of methoxy groups -OCH3 is 1. The van der Waals surface area contributed by atoms with Crippen LogP contribution in [0.2, 0.25) is 0 Å². The fraction of sp³-hybridized carbons (Fsp3) is 0.500. The van der Waals surface area contributed by atoms with E-state index >= 15 is 0 Å². The SMILES string of the molecule is CCN(Cc1ccccc1)CC(C)(O)C(=O)OC. The van der Waals surface area contributed by atoms with E-state index in [9.17, 15) is 9.90 Å². The normalized spacial score (nSPS) is 14.3. The minimum Gasteiger partial charge on any atom is -0.467 e. The van der Waals surface area contributed by atoms with Crippen LogP contribution in [0.25, 0.3) is 0 Å². The Morgan fingerprint density at radius 2 is 2.00 bits per heavy atom. The first kappa shape index (κ1) is 14.7. The zero-order chi connectivity index (χ0) is 13.6. The van der Waals surface area contributed by atoms with Gasteiger partial charge in [-0.1, -0.05) is 37.3 Å². The number of carbonyl (C=O) groups excluding carboxylic acids is 1. The molecule has 4 nitrogen and oxygen atoms in total. The molecule has 1 aromatic rings. The molecule has 100 valence electrons. The molecule has 0 fully saturated rings. The lowest BCUT2D eigenvalue weighted by Gasteiger charge is -2.28. The van der Waals surface area contributed by atoms with Crippen LogP contribution < -0.4 is 0 Å². The molecule has 0 spiro atoms. The maximum Gasteiger partial charge on any atom is 0.338 e. The van der Waals surface area contributed by atoms with Gasteiger partial charge in [0.1, 0.15) is 0 Å². The van der Waals surface area contributed by atoms with E-state index in [0.717, 1.165) is 12.1 Å². The summed E-state index contributed by atoms with van der Waals surface area (Å²) in [4.78, 5) is 13.4. The van der Waals surface area contributed by atoms with Crippen molar-refractivity contribution in [1.29, 1.82) is 0 Å². The van der Waals surface area contributed by atoms with Crippen LogP contribution in [0.3, 0.4) is 0 Å². The van der Waals surface area contributed by atoms with E-state index < -0.39 is 11.6 Å². The van der Waals surface area contributed by atoms with Crippen molar-refractivity contribution >= 4 is 5.97 Å². The van der Waals surface area contributed by atoms with Crippen LogP contribution in [-0.4, -0.2) is 41.8 Å². The molecule has 1 unspecified atom stereocenters. The molecule has 0 aromatic heterocycles. The lowest BCUT2D eigenvalue weighted by Crippen LogP contribution is -2.47. The van der Waals surface area contributed by atoms with Gasteiger partial charge in [0.2, 0.25) is 0 Å². The summed E-state index contributed by atoms with van der Waals surface area (Å²) in [5.41, 5.74) is -0.320. The number of hydrogen-bond donors (Lipinski definition) is 1. The van der Waals surface area contributed by atoms with Crippen molar-refractivity contribution in [2.75, 3.05) is 20.2 Å². The lowest BCUT2D eigenvalue weighted by molar-refractivity contribution is -0.162. The predicted octanol–water partition coefficient (Wildman–Crippen LogP) is 1.43. The quantitative estimate of drug-likeness (QED) is 0.777. The minimum absolute atomic E-state index is 0.255. The summed E-state index contributed by atoms with van der Waals surface area (Å²) in [5.74, 6) is -0.603. The summed E-state index contributed by atoms with van der Waals surface area (Å²) < 4.78 is 4.59. The van der Waals surface area contributed by atoms with E-state index in [0.29, 0.717) is 6.54 Å². The van der Waals surface area contributed by atoms with Crippen LogP contribution >= 0.6 is 0 Å². The Morgan fingerprint density at radius 1 is 1.39 bits per heavy atom. The van der Waals surface area contributed by atoms with E-state index in [4.69, 9.17) is 0 Å². The van der Waals surface area contributed by atoms with E-state index in [1.807, 2.05) is 42.2 Å². The Balaban J connectivity index is 2.65. The van der Waals surface area contributed by atoms with Gasteiger partial charge in [-0.15, -0.1) is 0 Å². The molecule has 1 rings (SSSR count). The third-order valence-electron chi connectivity index (χ3n) is 2.85. The number of rotatable bonds is 6. The molecular formula is C14H21NO3. The van der Waals surface area contributed by atoms with Crippen LogP contribution in [0, 0.1) is 0 Å². The van der Waals surface area contributed by atoms with Crippen molar-refractivity contribution in [2.45, 2.75) is 26.0 Å². The molecule has 4 heteroatoms. The molecule has 1 N–H and O–H groups in total. The maximum atomic E-state index is 11.4. The highest BCUT2D eigenvalue weighted by atomic mass is 16.5. The molecule has 0 bridgehead atoms. The minimum atomic E-state index is -1.47. The van der Waals surface area contributed by atoms with Crippen molar-refractivity contribution in [1.82, 2.24) is 4.90 Å². The maximum absolute atomic E-state index is 11.4. The fourth-order valence-electron chi connectivity index (χ4n) is 1.84. The highest BCUT2D eigenvalue weighted by Crippen LogP contribution is 2.12. The van der Waals surface area contributed by atoms with Crippen LogP contribution in [-0.2, 0) is 16.1 Å². The number of hydrogen-bond acceptors (Lipinski definition) is 4. The molecule has 0 heterocycles. The first-order valence-corrected chi connectivity index (χ1v) is 6.06. The summed E-state index contributed by atoms with van der Waals surface area (Å²) in [6.45, 7) is 5.18. The molecule has 0 aliphatic heterocycles. The Kier molecular flexibility index (Phi) is 5.31. The third kappa shape index (κ3) is 4.13. The summed E-state index contributed by atoms with van der Waals surface area (Å²) in [5, 5.41) is 10.0. The standard InChI is InChI=1S/C14H21NO3/c1-4-15(10-12-8-6-5-7-9-12)11-14(2,17)13(16)18-3/h5-9,17H,4,10-11H2,1-3H3. The number of likely N-dealkylation sites (N-methyl/N-ethyl adjacent to an activating group) is 1. The largest absolute Gasteiger partial charge is 0.467 e. The van der Waals surface area contributed by atoms with E-state index in [2.05, 4.69) is 4.74 Å². The number of carbonyl (C=O) groups is 1. The average molecular weight is 251 g/mol. The molecule has 18 heavy (non-hydrogen) atoms. The van der Waals surface area contributed by atoms with Crippen molar-refractivity contribution < 1.29 is 14.6 Å². The average Bonchev–Trinajstić information content (AvgIpc) is 2.37. The molecule has 0 saturated carbocycles. The highest BCUT2D eigenvalue weighted by molar-refractivity contribution is 5.78. The van der Waals surface area contributed by atoms with E-state index in [1.54, 1.807) is 0 Å². The van der Waals surface area contributed by atoms with Crippen molar-refractivity contribution in [3.8, 4) is 0 Å². The third-order valence-corrected chi connectivity index (χ3v) is 2.85. The molecule has 0 saturated heterocycles. The Labute approximate surface area is 108 Å². The van der Waals surface area contributed by atoms with E-state index in [-0.39, 0.29) is 6.54 Å². The summed E-state index contributed by atoms with van der Waals surface area (Å²) >= 11 is 0. The van der Waals surface area contributed by atoms with Gasteiger partial charge in [0.05, 0.1) is 7.11 Å². The summed E-state index contributed by atoms with van der Waals surface area (Å²) in [6, 6.07) is 9.96. The number of benzene rings is 1. The molecule has 1 atom stereocenters. The van der Waals surface area contributed by atoms with Gasteiger partial charge in [-0.05, 0) is 19.0 Å². The number of nitrogens with zero attached hydrogens (tertiary/aromatic N) is 1. The van der Waals surface area contributed by atoms with Crippen LogP contribution in [0.15, 0.2) is 30.3 Å². The van der Waals surface area contributed by atoms with Gasteiger partial charge in [-0.3, -0.25) is 4.90 Å². The second-order valence-corrected chi connectivity index (χ2v) is 4.55. The Morgan fingerprint density at radius 3 is 2.50 bits per heavy atom. The predicted molar refractivity (Wildman–Crippen MR) is 70.0 cm³/mol. The highest BCUT2D eigenvalue weighted by Gasteiger charge is 2.33.